The standard InChI is InChI=1S/C22H26N6OS.C2H6/c1-13-4-5-15(12-23-13)19-17-6-7-18-21(30-22(25-18)24-14(2)29)20(17)28(26-19)16-8-10-27(3)11-9-16;1-2/h4-5,12,16H,6-11H2,1-3H3,(H,24,25,29);1-2H3. The Morgan fingerprint density at radius 1 is 1.19 bits per heavy atom. The van der Waals surface area contributed by atoms with Crippen LogP contribution in [0.2, 0.25) is 0 Å². The van der Waals surface area contributed by atoms with Gasteiger partial charge in [-0.15, -0.1) is 0 Å². The second-order valence-electron chi connectivity index (χ2n) is 8.32. The first kappa shape index (κ1) is 22.6. The molecule has 1 aliphatic heterocycles. The van der Waals surface area contributed by atoms with Crippen LogP contribution in [0.3, 0.4) is 0 Å². The molecular formula is C24H32N6OS. The van der Waals surface area contributed by atoms with Crippen molar-refractivity contribution in [3.8, 4) is 21.8 Å². The summed E-state index contributed by atoms with van der Waals surface area (Å²) in [6, 6.07) is 4.54. The van der Waals surface area contributed by atoms with Gasteiger partial charge in [-0.1, -0.05) is 25.2 Å². The molecule has 3 aromatic rings. The van der Waals surface area contributed by atoms with Crippen LogP contribution in [0, 0.1) is 6.92 Å². The lowest BCUT2D eigenvalue weighted by atomic mass is 9.95. The Bertz CT molecular complexity index is 1090. The fraction of sp³-hybridized carbons (Fsp3) is 0.500. The zero-order valence-electron chi connectivity index (χ0n) is 19.6. The molecule has 170 valence electrons. The monoisotopic (exact) mass is 452 g/mol. The molecule has 0 spiro atoms. The SMILES string of the molecule is CC.CC(=O)Nc1nc2c(s1)-c1c(c(-c3ccc(C)nc3)nn1C1CCN(C)CC1)CC2. The minimum absolute atomic E-state index is 0.0865. The third-order valence-corrected chi connectivity index (χ3v) is 7.05. The molecule has 7 nitrogen and oxygen atoms in total. The van der Waals surface area contributed by atoms with Crippen molar-refractivity contribution < 1.29 is 4.79 Å². The summed E-state index contributed by atoms with van der Waals surface area (Å²) in [7, 11) is 2.18. The Morgan fingerprint density at radius 3 is 2.59 bits per heavy atom. The number of anilines is 1. The number of carbonyl (C=O) groups is 1. The highest BCUT2D eigenvalue weighted by Gasteiger charge is 2.32. The molecule has 0 bridgehead atoms. The molecule has 1 saturated heterocycles. The molecule has 32 heavy (non-hydrogen) atoms. The lowest BCUT2D eigenvalue weighted by Gasteiger charge is -2.30. The molecule has 8 heteroatoms. The highest BCUT2D eigenvalue weighted by atomic mass is 32.1. The second-order valence-corrected chi connectivity index (χ2v) is 9.32. The van der Waals surface area contributed by atoms with Crippen LogP contribution >= 0.6 is 11.3 Å². The fourth-order valence-electron chi connectivity index (χ4n) is 4.44. The van der Waals surface area contributed by atoms with Crippen LogP contribution in [0.15, 0.2) is 18.3 Å². The molecule has 2 aliphatic rings. The van der Waals surface area contributed by atoms with E-state index in [1.165, 1.54) is 18.2 Å². The average molecular weight is 453 g/mol. The minimum Gasteiger partial charge on any atom is -0.306 e. The third-order valence-electron chi connectivity index (χ3n) is 6.03. The van der Waals surface area contributed by atoms with Crippen molar-refractivity contribution in [1.29, 1.82) is 0 Å². The van der Waals surface area contributed by atoms with E-state index in [4.69, 9.17) is 10.1 Å². The van der Waals surface area contributed by atoms with E-state index in [2.05, 4.69) is 33.0 Å². The lowest BCUT2D eigenvalue weighted by molar-refractivity contribution is -0.114. The number of carbonyl (C=O) groups excluding carboxylic acids is 1. The Labute approximate surface area is 193 Å². The van der Waals surface area contributed by atoms with E-state index in [1.807, 2.05) is 33.0 Å². The summed E-state index contributed by atoms with van der Waals surface area (Å²) in [5, 5.41) is 8.70. The maximum atomic E-state index is 11.6. The number of aryl methyl sites for hydroxylation is 2. The van der Waals surface area contributed by atoms with Gasteiger partial charge < -0.3 is 10.2 Å². The third kappa shape index (κ3) is 4.34. The van der Waals surface area contributed by atoms with Crippen molar-refractivity contribution in [2.75, 3.05) is 25.5 Å². The summed E-state index contributed by atoms with van der Waals surface area (Å²) in [5.74, 6) is -0.0865. The Balaban J connectivity index is 0.00000119. The first-order chi connectivity index (χ1) is 15.5. The van der Waals surface area contributed by atoms with E-state index in [0.717, 1.165) is 66.3 Å². The van der Waals surface area contributed by atoms with Crippen LogP contribution in [0.5, 0.6) is 0 Å². The summed E-state index contributed by atoms with van der Waals surface area (Å²) in [6.45, 7) is 9.68. The number of nitrogens with one attached hydrogen (secondary N) is 1. The molecule has 1 amide bonds. The predicted octanol–water partition coefficient (Wildman–Crippen LogP) is 4.73. The largest absolute Gasteiger partial charge is 0.306 e. The zero-order valence-corrected chi connectivity index (χ0v) is 20.4. The van der Waals surface area contributed by atoms with Crippen LogP contribution in [-0.2, 0) is 17.6 Å². The van der Waals surface area contributed by atoms with Crippen molar-refractivity contribution in [1.82, 2.24) is 24.6 Å². The highest BCUT2D eigenvalue weighted by molar-refractivity contribution is 7.19. The Morgan fingerprint density at radius 2 is 1.94 bits per heavy atom. The van der Waals surface area contributed by atoms with Gasteiger partial charge in [0.1, 0.15) is 0 Å². The van der Waals surface area contributed by atoms with E-state index >= 15 is 0 Å². The maximum Gasteiger partial charge on any atom is 0.223 e. The minimum atomic E-state index is -0.0865. The van der Waals surface area contributed by atoms with Crippen LogP contribution < -0.4 is 5.32 Å². The van der Waals surface area contributed by atoms with Crippen LogP contribution in [0.25, 0.3) is 21.8 Å². The summed E-state index contributed by atoms with van der Waals surface area (Å²) < 4.78 is 2.26. The molecule has 3 aromatic heterocycles. The Hall–Kier alpha value is -2.58. The molecule has 0 saturated carbocycles. The summed E-state index contributed by atoms with van der Waals surface area (Å²) in [6.07, 6.45) is 5.87. The molecular weight excluding hydrogens is 420 g/mol. The van der Waals surface area contributed by atoms with Gasteiger partial charge in [0.2, 0.25) is 5.91 Å². The number of rotatable bonds is 3. The van der Waals surface area contributed by atoms with Gasteiger partial charge in [0.25, 0.3) is 0 Å². The highest BCUT2D eigenvalue weighted by Crippen LogP contribution is 2.45. The topological polar surface area (TPSA) is 75.9 Å². The second kappa shape index (κ2) is 9.50. The molecule has 5 rings (SSSR count). The number of hydrogen-bond donors (Lipinski definition) is 1. The van der Waals surface area contributed by atoms with Crippen molar-refractivity contribution >= 4 is 22.4 Å². The average Bonchev–Trinajstić information content (AvgIpc) is 3.37. The van der Waals surface area contributed by atoms with Crippen molar-refractivity contribution in [3.63, 3.8) is 0 Å². The van der Waals surface area contributed by atoms with Crippen molar-refractivity contribution in [2.24, 2.45) is 0 Å². The van der Waals surface area contributed by atoms with Gasteiger partial charge >= 0.3 is 0 Å². The van der Waals surface area contributed by atoms with Gasteiger partial charge in [0.15, 0.2) is 5.13 Å². The number of thiazole rings is 1. The van der Waals surface area contributed by atoms with E-state index < -0.39 is 0 Å². The molecule has 0 aromatic carbocycles. The van der Waals surface area contributed by atoms with E-state index in [1.54, 1.807) is 11.3 Å². The lowest BCUT2D eigenvalue weighted by Crippen LogP contribution is -2.32. The summed E-state index contributed by atoms with van der Waals surface area (Å²) in [5.41, 5.74) is 6.65. The normalized spacial score (nSPS) is 16.0. The first-order valence-corrected chi connectivity index (χ1v) is 12.3. The molecule has 1 N–H and O–H groups in total. The van der Waals surface area contributed by atoms with Crippen LogP contribution in [0.4, 0.5) is 5.13 Å². The molecule has 4 heterocycles. The number of fused-ring (bicyclic) bond motifs is 3. The molecule has 0 radical (unpaired) electrons. The zero-order chi connectivity index (χ0) is 22.8. The quantitative estimate of drug-likeness (QED) is 0.622. The van der Waals surface area contributed by atoms with Crippen molar-refractivity contribution in [2.45, 2.75) is 59.4 Å². The number of likely N-dealkylation sites (tertiary alicyclic amines) is 1. The number of hydrogen-bond acceptors (Lipinski definition) is 6. The molecule has 1 aliphatic carbocycles. The number of piperidine rings is 1. The number of pyridine rings is 1. The van der Waals surface area contributed by atoms with Gasteiger partial charge in [-0.25, -0.2) is 4.98 Å². The maximum absolute atomic E-state index is 11.6. The van der Waals surface area contributed by atoms with Crippen LogP contribution in [-0.4, -0.2) is 50.7 Å². The van der Waals surface area contributed by atoms with Gasteiger partial charge in [-0.3, -0.25) is 14.5 Å². The Kier molecular flexibility index (Phi) is 6.71. The van der Waals surface area contributed by atoms with Gasteiger partial charge in [0, 0.05) is 29.9 Å². The summed E-state index contributed by atoms with van der Waals surface area (Å²) >= 11 is 1.57. The molecule has 0 atom stereocenters. The van der Waals surface area contributed by atoms with E-state index in [-0.39, 0.29) is 5.91 Å². The van der Waals surface area contributed by atoms with Gasteiger partial charge in [-0.05, 0) is 64.9 Å². The fourth-order valence-corrected chi connectivity index (χ4v) is 5.57. The molecule has 0 unspecified atom stereocenters. The smallest absolute Gasteiger partial charge is 0.223 e. The van der Waals surface area contributed by atoms with E-state index in [9.17, 15) is 4.79 Å². The van der Waals surface area contributed by atoms with Gasteiger partial charge in [-0.2, -0.15) is 5.10 Å². The summed E-state index contributed by atoms with van der Waals surface area (Å²) in [4.78, 5) is 24.3. The molecule has 1 fully saturated rings. The number of aromatic nitrogens is 4. The number of nitrogens with zero attached hydrogens (tertiary/aromatic N) is 5. The van der Waals surface area contributed by atoms with Crippen molar-refractivity contribution in [3.05, 3.63) is 35.3 Å². The van der Waals surface area contributed by atoms with Crippen LogP contribution in [0.1, 0.15) is 56.6 Å². The first-order valence-electron chi connectivity index (χ1n) is 11.5. The van der Waals surface area contributed by atoms with E-state index in [0.29, 0.717) is 11.2 Å². The van der Waals surface area contributed by atoms with Gasteiger partial charge in [0.05, 0.1) is 28.0 Å². The predicted molar refractivity (Wildman–Crippen MR) is 130 cm³/mol. The number of amides is 1.